The van der Waals surface area contributed by atoms with E-state index in [0.717, 1.165) is 17.8 Å². The van der Waals surface area contributed by atoms with Crippen LogP contribution in [0, 0.1) is 11.6 Å². The first kappa shape index (κ1) is 18.2. The second-order valence-electron chi connectivity index (χ2n) is 5.76. The molecule has 2 amide bonds. The van der Waals surface area contributed by atoms with Gasteiger partial charge in [-0.25, -0.2) is 13.5 Å². The molecule has 1 aromatic heterocycles. The van der Waals surface area contributed by atoms with Gasteiger partial charge in [0.05, 0.1) is 24.8 Å². The fraction of sp³-hybridized carbons (Fsp3) is 0.105. The number of carbonyl (C=O) groups is 2. The number of anilines is 1. The van der Waals surface area contributed by atoms with Crippen LogP contribution < -0.4 is 10.6 Å². The molecular weight excluding hydrogens is 354 g/mol. The zero-order valence-electron chi connectivity index (χ0n) is 14.2. The highest BCUT2D eigenvalue weighted by molar-refractivity contribution is 5.94. The summed E-state index contributed by atoms with van der Waals surface area (Å²) in [6.45, 7) is -0.287. The van der Waals surface area contributed by atoms with E-state index in [0.29, 0.717) is 5.56 Å². The zero-order valence-corrected chi connectivity index (χ0v) is 14.2. The fourth-order valence-electron chi connectivity index (χ4n) is 2.38. The second kappa shape index (κ2) is 8.22. The Morgan fingerprint density at radius 2 is 1.78 bits per heavy atom. The van der Waals surface area contributed by atoms with E-state index < -0.39 is 17.5 Å². The van der Waals surface area contributed by atoms with Crippen LogP contribution in [0.3, 0.4) is 0 Å². The van der Waals surface area contributed by atoms with Crippen LogP contribution in [0.4, 0.5) is 14.5 Å². The highest BCUT2D eigenvalue weighted by Gasteiger charge is 2.10. The predicted octanol–water partition coefficient (Wildman–Crippen LogP) is 2.45. The quantitative estimate of drug-likeness (QED) is 0.700. The van der Waals surface area contributed by atoms with Gasteiger partial charge >= 0.3 is 0 Å². The normalized spacial score (nSPS) is 10.4. The first-order valence-corrected chi connectivity index (χ1v) is 8.12. The number of nitrogens with one attached hydrogen (secondary N) is 2. The molecule has 0 spiro atoms. The van der Waals surface area contributed by atoms with Crippen molar-refractivity contribution in [3.05, 3.63) is 78.1 Å². The molecule has 0 atom stereocenters. The Balaban J connectivity index is 1.49. The average Bonchev–Trinajstić information content (AvgIpc) is 3.12. The van der Waals surface area contributed by atoms with E-state index in [-0.39, 0.29) is 24.6 Å². The highest BCUT2D eigenvalue weighted by atomic mass is 19.2. The zero-order chi connectivity index (χ0) is 19.2. The number of hydrogen-bond acceptors (Lipinski definition) is 3. The van der Waals surface area contributed by atoms with E-state index in [9.17, 15) is 18.4 Å². The first-order valence-electron chi connectivity index (χ1n) is 8.12. The topological polar surface area (TPSA) is 76.0 Å². The van der Waals surface area contributed by atoms with Crippen molar-refractivity contribution >= 4 is 17.5 Å². The molecule has 0 aliphatic heterocycles. The molecule has 1 heterocycles. The summed E-state index contributed by atoms with van der Waals surface area (Å²) >= 11 is 0. The highest BCUT2D eigenvalue weighted by Crippen LogP contribution is 2.12. The van der Waals surface area contributed by atoms with Crippen LogP contribution >= 0.6 is 0 Å². The molecule has 0 saturated carbocycles. The average molecular weight is 370 g/mol. The van der Waals surface area contributed by atoms with Crippen molar-refractivity contribution in [3.63, 3.8) is 0 Å². The SMILES string of the molecule is O=C(Cc1cnn(-c2ccccc2)c1)NCC(=O)Nc1ccc(F)c(F)c1. The molecule has 2 N–H and O–H groups in total. The van der Waals surface area contributed by atoms with Crippen molar-refractivity contribution in [2.45, 2.75) is 6.42 Å². The van der Waals surface area contributed by atoms with Crippen molar-refractivity contribution in [1.29, 1.82) is 0 Å². The number of para-hydroxylation sites is 1. The predicted molar refractivity (Wildman–Crippen MR) is 95.3 cm³/mol. The largest absolute Gasteiger partial charge is 0.347 e. The Hall–Kier alpha value is -3.55. The van der Waals surface area contributed by atoms with E-state index in [1.54, 1.807) is 17.1 Å². The first-order chi connectivity index (χ1) is 13.0. The third-order valence-corrected chi connectivity index (χ3v) is 3.67. The summed E-state index contributed by atoms with van der Waals surface area (Å²) in [6, 6.07) is 12.5. The maximum atomic E-state index is 13.1. The Morgan fingerprint density at radius 1 is 1.00 bits per heavy atom. The molecule has 0 unspecified atom stereocenters. The third-order valence-electron chi connectivity index (χ3n) is 3.67. The third kappa shape index (κ3) is 4.97. The van der Waals surface area contributed by atoms with Crippen LogP contribution in [0.1, 0.15) is 5.56 Å². The molecule has 138 valence electrons. The number of halogens is 2. The number of aromatic nitrogens is 2. The minimum absolute atomic E-state index is 0.0608. The van der Waals surface area contributed by atoms with Crippen molar-refractivity contribution < 1.29 is 18.4 Å². The second-order valence-corrected chi connectivity index (χ2v) is 5.76. The van der Waals surface area contributed by atoms with Gasteiger partial charge in [0, 0.05) is 18.0 Å². The summed E-state index contributed by atoms with van der Waals surface area (Å²) in [7, 11) is 0. The van der Waals surface area contributed by atoms with Crippen LogP contribution in [0.15, 0.2) is 60.9 Å². The lowest BCUT2D eigenvalue weighted by molar-refractivity contribution is -0.123. The Labute approximate surface area is 153 Å². The van der Waals surface area contributed by atoms with Crippen molar-refractivity contribution in [2.24, 2.45) is 0 Å². The van der Waals surface area contributed by atoms with Gasteiger partial charge in [-0.3, -0.25) is 9.59 Å². The summed E-state index contributed by atoms with van der Waals surface area (Å²) in [4.78, 5) is 23.8. The summed E-state index contributed by atoms with van der Waals surface area (Å²) in [6.07, 6.45) is 3.37. The number of hydrogen-bond donors (Lipinski definition) is 2. The van der Waals surface area contributed by atoms with Crippen molar-refractivity contribution in [2.75, 3.05) is 11.9 Å². The summed E-state index contributed by atoms with van der Waals surface area (Å²) in [5.74, 6) is -2.97. The Morgan fingerprint density at radius 3 is 2.52 bits per heavy atom. The lowest BCUT2D eigenvalue weighted by Gasteiger charge is -2.07. The van der Waals surface area contributed by atoms with E-state index in [4.69, 9.17) is 0 Å². The minimum Gasteiger partial charge on any atom is -0.347 e. The summed E-state index contributed by atoms with van der Waals surface area (Å²) in [5.41, 5.74) is 1.67. The minimum atomic E-state index is -1.06. The molecule has 0 radical (unpaired) electrons. The standard InChI is InChI=1S/C19H16F2N4O2/c20-16-7-6-14(9-17(16)21)24-19(27)11-22-18(26)8-13-10-23-25(12-13)15-4-2-1-3-5-15/h1-7,9-10,12H,8,11H2,(H,22,26)(H,24,27). The van der Waals surface area contributed by atoms with E-state index in [1.165, 1.54) is 6.07 Å². The Bertz CT molecular complexity index is 957. The molecule has 8 heteroatoms. The lowest BCUT2D eigenvalue weighted by Crippen LogP contribution is -2.33. The molecule has 3 aromatic rings. The molecule has 27 heavy (non-hydrogen) atoms. The van der Waals surface area contributed by atoms with Crippen molar-refractivity contribution in [1.82, 2.24) is 15.1 Å². The molecule has 0 aliphatic rings. The van der Waals surface area contributed by atoms with Gasteiger partial charge in [0.25, 0.3) is 0 Å². The smallest absolute Gasteiger partial charge is 0.243 e. The van der Waals surface area contributed by atoms with Crippen LogP contribution in [-0.4, -0.2) is 28.1 Å². The van der Waals surface area contributed by atoms with Gasteiger partial charge in [0.15, 0.2) is 11.6 Å². The lowest BCUT2D eigenvalue weighted by atomic mass is 10.2. The molecule has 0 fully saturated rings. The molecule has 6 nitrogen and oxygen atoms in total. The summed E-state index contributed by atoms with van der Waals surface area (Å²) in [5, 5.41) is 9.05. The number of amides is 2. The fourth-order valence-corrected chi connectivity index (χ4v) is 2.38. The van der Waals surface area contributed by atoms with Gasteiger partial charge in [-0.15, -0.1) is 0 Å². The van der Waals surface area contributed by atoms with Crippen LogP contribution in [0.25, 0.3) is 5.69 Å². The van der Waals surface area contributed by atoms with Gasteiger partial charge in [0.1, 0.15) is 0 Å². The van der Waals surface area contributed by atoms with Gasteiger partial charge in [-0.1, -0.05) is 18.2 Å². The maximum Gasteiger partial charge on any atom is 0.243 e. The molecular formula is C19H16F2N4O2. The molecule has 0 saturated heterocycles. The van der Waals surface area contributed by atoms with Crippen LogP contribution in [0.2, 0.25) is 0 Å². The summed E-state index contributed by atoms with van der Waals surface area (Å²) < 4.78 is 27.6. The number of rotatable bonds is 6. The van der Waals surface area contributed by atoms with E-state index >= 15 is 0 Å². The van der Waals surface area contributed by atoms with Crippen molar-refractivity contribution in [3.8, 4) is 5.69 Å². The van der Waals surface area contributed by atoms with Crippen LogP contribution in [0.5, 0.6) is 0 Å². The maximum absolute atomic E-state index is 13.1. The number of carbonyl (C=O) groups excluding carboxylic acids is 2. The van der Waals surface area contributed by atoms with E-state index in [1.807, 2.05) is 30.3 Å². The molecule has 2 aromatic carbocycles. The monoisotopic (exact) mass is 370 g/mol. The number of benzene rings is 2. The van der Waals surface area contributed by atoms with Gasteiger partial charge in [-0.05, 0) is 29.8 Å². The van der Waals surface area contributed by atoms with Gasteiger partial charge in [-0.2, -0.15) is 5.10 Å². The molecule has 0 bridgehead atoms. The Kier molecular flexibility index (Phi) is 5.55. The van der Waals surface area contributed by atoms with Crippen LogP contribution in [-0.2, 0) is 16.0 Å². The number of nitrogens with zero attached hydrogens (tertiary/aromatic N) is 2. The van der Waals surface area contributed by atoms with Gasteiger partial charge in [0.2, 0.25) is 11.8 Å². The molecule has 0 aliphatic carbocycles. The van der Waals surface area contributed by atoms with E-state index in [2.05, 4.69) is 15.7 Å². The molecule has 3 rings (SSSR count). The van der Waals surface area contributed by atoms with Gasteiger partial charge < -0.3 is 10.6 Å².